The molecule has 1 N–H and O–H groups in total. The standard InChI is InChI=1S/C21H23IN2O7S/c1-2-30-15-9-13(8-14(22)19(15)31-12-18(26)27)10-16-20(28)24(21(29)32-16)11-17(25)23-6-4-3-5-7-23/h8-10H,2-7,11-12H2,1H3,(H,26,27)/b16-10-. The summed E-state index contributed by atoms with van der Waals surface area (Å²) >= 11 is 2.78. The molecule has 3 amide bonds. The monoisotopic (exact) mass is 574 g/mol. The van der Waals surface area contributed by atoms with Gasteiger partial charge < -0.3 is 19.5 Å². The van der Waals surface area contributed by atoms with Gasteiger partial charge in [-0.1, -0.05) is 0 Å². The van der Waals surface area contributed by atoms with Gasteiger partial charge in [-0.05, 0) is 84.3 Å². The number of carboxylic acid groups (broad SMARTS) is 1. The van der Waals surface area contributed by atoms with Crippen LogP contribution in [0.1, 0.15) is 31.7 Å². The molecule has 172 valence electrons. The topological polar surface area (TPSA) is 113 Å². The fraction of sp³-hybridized carbons (Fsp3) is 0.429. The van der Waals surface area contributed by atoms with Gasteiger partial charge in [0.1, 0.15) is 6.54 Å². The number of hydrogen-bond acceptors (Lipinski definition) is 7. The second-order valence-electron chi connectivity index (χ2n) is 7.15. The SMILES string of the molecule is CCOc1cc(/C=C2\SC(=O)N(CC(=O)N3CCCCC3)C2=O)cc(I)c1OCC(=O)O. The fourth-order valence-corrected chi connectivity index (χ4v) is 4.99. The molecule has 0 atom stereocenters. The molecule has 11 heteroatoms. The molecule has 0 radical (unpaired) electrons. The van der Waals surface area contributed by atoms with Crippen LogP contribution in [0.25, 0.3) is 6.08 Å². The van der Waals surface area contributed by atoms with Gasteiger partial charge in [0.05, 0.1) is 15.1 Å². The van der Waals surface area contributed by atoms with Gasteiger partial charge in [0.25, 0.3) is 11.1 Å². The van der Waals surface area contributed by atoms with Crippen LogP contribution in [0.3, 0.4) is 0 Å². The number of piperidine rings is 1. The molecule has 0 unspecified atom stereocenters. The number of likely N-dealkylation sites (tertiary alicyclic amines) is 1. The second kappa shape index (κ2) is 11.0. The summed E-state index contributed by atoms with van der Waals surface area (Å²) in [6, 6.07) is 3.32. The summed E-state index contributed by atoms with van der Waals surface area (Å²) in [5.74, 6) is -1.20. The van der Waals surface area contributed by atoms with E-state index in [1.54, 1.807) is 30.0 Å². The number of rotatable bonds is 8. The van der Waals surface area contributed by atoms with E-state index < -0.39 is 23.7 Å². The zero-order valence-corrected chi connectivity index (χ0v) is 20.4. The molecule has 2 saturated heterocycles. The fourth-order valence-electron chi connectivity index (χ4n) is 3.37. The minimum absolute atomic E-state index is 0.207. The smallest absolute Gasteiger partial charge is 0.341 e. The van der Waals surface area contributed by atoms with E-state index in [-0.39, 0.29) is 17.4 Å². The quantitative estimate of drug-likeness (QED) is 0.372. The maximum atomic E-state index is 12.8. The molecule has 9 nitrogen and oxygen atoms in total. The summed E-state index contributed by atoms with van der Waals surface area (Å²) in [6.07, 6.45) is 4.50. The summed E-state index contributed by atoms with van der Waals surface area (Å²) in [5.41, 5.74) is 0.591. The van der Waals surface area contributed by atoms with Crippen molar-refractivity contribution in [3.8, 4) is 11.5 Å². The highest BCUT2D eigenvalue weighted by Crippen LogP contribution is 2.37. The van der Waals surface area contributed by atoms with Crippen molar-refractivity contribution in [2.24, 2.45) is 0 Å². The lowest BCUT2D eigenvalue weighted by atomic mass is 10.1. The number of halogens is 1. The van der Waals surface area contributed by atoms with E-state index in [0.29, 0.717) is 40.3 Å². The van der Waals surface area contributed by atoms with Crippen molar-refractivity contribution in [1.82, 2.24) is 9.80 Å². The Labute approximate surface area is 203 Å². The minimum Gasteiger partial charge on any atom is -0.490 e. The third-order valence-electron chi connectivity index (χ3n) is 4.85. The third-order valence-corrected chi connectivity index (χ3v) is 6.55. The maximum Gasteiger partial charge on any atom is 0.341 e. The van der Waals surface area contributed by atoms with E-state index in [4.69, 9.17) is 14.6 Å². The van der Waals surface area contributed by atoms with Gasteiger partial charge in [-0.3, -0.25) is 19.3 Å². The summed E-state index contributed by atoms with van der Waals surface area (Å²) in [7, 11) is 0. The van der Waals surface area contributed by atoms with Crippen LogP contribution in [0.15, 0.2) is 17.0 Å². The summed E-state index contributed by atoms with van der Waals surface area (Å²) in [6.45, 7) is 2.65. The number of aliphatic carboxylic acids is 1. The van der Waals surface area contributed by atoms with Crippen LogP contribution in [0.2, 0.25) is 0 Å². The second-order valence-corrected chi connectivity index (χ2v) is 9.31. The van der Waals surface area contributed by atoms with E-state index in [0.717, 1.165) is 35.9 Å². The number of nitrogens with zero attached hydrogens (tertiary/aromatic N) is 2. The summed E-state index contributed by atoms with van der Waals surface area (Å²) < 4.78 is 11.5. The Hall–Kier alpha value is -2.28. The number of carbonyl (C=O) groups excluding carboxylic acids is 3. The molecule has 32 heavy (non-hydrogen) atoms. The number of benzene rings is 1. The van der Waals surface area contributed by atoms with Crippen molar-refractivity contribution >= 4 is 63.5 Å². The van der Waals surface area contributed by atoms with Gasteiger partial charge in [-0.25, -0.2) is 4.79 Å². The molecule has 2 fully saturated rings. The van der Waals surface area contributed by atoms with Gasteiger partial charge in [0.15, 0.2) is 18.1 Å². The molecular weight excluding hydrogens is 551 g/mol. The Bertz CT molecular complexity index is 960. The molecule has 2 heterocycles. The normalized spacial score (nSPS) is 17.8. The van der Waals surface area contributed by atoms with E-state index in [1.807, 2.05) is 22.6 Å². The Balaban J connectivity index is 1.78. The van der Waals surface area contributed by atoms with Crippen LogP contribution < -0.4 is 9.47 Å². The van der Waals surface area contributed by atoms with E-state index in [1.165, 1.54) is 0 Å². The van der Waals surface area contributed by atoms with E-state index in [2.05, 4.69) is 0 Å². The molecule has 1 aromatic carbocycles. The first kappa shape index (κ1) is 24.4. The number of imide groups is 1. The molecule has 0 aliphatic carbocycles. The Morgan fingerprint density at radius 2 is 1.91 bits per heavy atom. The molecule has 0 bridgehead atoms. The van der Waals surface area contributed by atoms with Crippen molar-refractivity contribution in [1.29, 1.82) is 0 Å². The van der Waals surface area contributed by atoms with Crippen LogP contribution in [0.5, 0.6) is 11.5 Å². The van der Waals surface area contributed by atoms with Crippen LogP contribution in [-0.4, -0.2) is 70.8 Å². The first-order valence-electron chi connectivity index (χ1n) is 10.1. The average Bonchev–Trinajstić information content (AvgIpc) is 3.01. The molecule has 0 aromatic heterocycles. The molecule has 3 rings (SSSR count). The third kappa shape index (κ3) is 5.94. The Kier molecular flexibility index (Phi) is 8.40. The predicted octanol–water partition coefficient (Wildman–Crippen LogP) is 3.20. The Morgan fingerprint density at radius 1 is 1.19 bits per heavy atom. The summed E-state index contributed by atoms with van der Waals surface area (Å²) in [5, 5.41) is 8.39. The molecule has 2 aliphatic heterocycles. The van der Waals surface area contributed by atoms with Gasteiger partial charge in [-0.2, -0.15) is 0 Å². The lowest BCUT2D eigenvalue weighted by molar-refractivity contribution is -0.139. The lowest BCUT2D eigenvalue weighted by Crippen LogP contribution is -2.44. The zero-order chi connectivity index (χ0) is 23.3. The molecule has 1 aromatic rings. The number of hydrogen-bond donors (Lipinski definition) is 1. The molecule has 0 saturated carbocycles. The molecular formula is C21H23IN2O7S. The summed E-state index contributed by atoms with van der Waals surface area (Å²) in [4.78, 5) is 51.4. The Morgan fingerprint density at radius 3 is 2.56 bits per heavy atom. The highest BCUT2D eigenvalue weighted by atomic mass is 127. The van der Waals surface area contributed by atoms with Crippen LogP contribution in [0, 0.1) is 3.57 Å². The first-order chi connectivity index (χ1) is 15.3. The minimum atomic E-state index is -1.11. The highest BCUT2D eigenvalue weighted by Gasteiger charge is 2.37. The number of carboxylic acids is 1. The van der Waals surface area contributed by atoms with Gasteiger partial charge >= 0.3 is 5.97 Å². The number of amides is 3. The lowest BCUT2D eigenvalue weighted by Gasteiger charge is -2.27. The first-order valence-corrected chi connectivity index (χ1v) is 12.0. The van der Waals surface area contributed by atoms with Crippen LogP contribution in [-0.2, 0) is 14.4 Å². The maximum absolute atomic E-state index is 12.8. The highest BCUT2D eigenvalue weighted by molar-refractivity contribution is 14.1. The number of carbonyl (C=O) groups is 4. The van der Waals surface area contributed by atoms with E-state index >= 15 is 0 Å². The van der Waals surface area contributed by atoms with Crippen molar-refractivity contribution in [2.75, 3.05) is 32.8 Å². The van der Waals surface area contributed by atoms with Gasteiger partial charge in [0, 0.05) is 13.1 Å². The molecule has 2 aliphatic rings. The number of thioether (sulfide) groups is 1. The van der Waals surface area contributed by atoms with Crippen LogP contribution in [0.4, 0.5) is 4.79 Å². The van der Waals surface area contributed by atoms with Crippen molar-refractivity contribution < 1.29 is 33.8 Å². The zero-order valence-electron chi connectivity index (χ0n) is 17.5. The average molecular weight is 574 g/mol. The predicted molar refractivity (Wildman–Crippen MR) is 127 cm³/mol. The van der Waals surface area contributed by atoms with Crippen LogP contribution >= 0.6 is 34.4 Å². The largest absolute Gasteiger partial charge is 0.490 e. The molecule has 0 spiro atoms. The van der Waals surface area contributed by atoms with E-state index in [9.17, 15) is 19.2 Å². The van der Waals surface area contributed by atoms with Gasteiger partial charge in [0.2, 0.25) is 5.91 Å². The van der Waals surface area contributed by atoms with Gasteiger partial charge in [-0.15, -0.1) is 0 Å². The number of ether oxygens (including phenoxy) is 2. The van der Waals surface area contributed by atoms with Crippen molar-refractivity contribution in [3.05, 3.63) is 26.2 Å². The van der Waals surface area contributed by atoms with Crippen molar-refractivity contribution in [2.45, 2.75) is 26.2 Å². The van der Waals surface area contributed by atoms with Crippen molar-refractivity contribution in [3.63, 3.8) is 0 Å².